The van der Waals surface area contributed by atoms with Gasteiger partial charge in [0.25, 0.3) is 0 Å². The molecule has 2 rings (SSSR count). The van der Waals surface area contributed by atoms with Gasteiger partial charge in [0.2, 0.25) is 5.91 Å². The van der Waals surface area contributed by atoms with Crippen molar-refractivity contribution in [3.05, 3.63) is 0 Å². The van der Waals surface area contributed by atoms with Crippen molar-refractivity contribution in [2.45, 2.75) is 44.7 Å². The van der Waals surface area contributed by atoms with E-state index in [1.54, 1.807) is 6.92 Å². The Labute approximate surface area is 79.3 Å². The van der Waals surface area contributed by atoms with Crippen LogP contribution in [0.3, 0.4) is 0 Å². The highest BCUT2D eigenvalue weighted by molar-refractivity contribution is 5.74. The number of carbonyl (C=O) groups excluding carboxylic acids is 1. The third-order valence-electron chi connectivity index (χ3n) is 3.53. The topological polar surface area (TPSA) is 46.3 Å². The second kappa shape index (κ2) is 3.29. The van der Waals surface area contributed by atoms with Crippen molar-refractivity contribution in [2.24, 2.45) is 11.7 Å². The summed E-state index contributed by atoms with van der Waals surface area (Å²) in [4.78, 5) is 13.4. The summed E-state index contributed by atoms with van der Waals surface area (Å²) in [5.74, 6) is 0.913. The van der Waals surface area contributed by atoms with E-state index in [-0.39, 0.29) is 5.91 Å². The number of rotatable bonds is 1. The van der Waals surface area contributed by atoms with Crippen LogP contribution in [0.2, 0.25) is 0 Å². The van der Waals surface area contributed by atoms with E-state index in [9.17, 15) is 4.79 Å². The van der Waals surface area contributed by atoms with Gasteiger partial charge in [0, 0.05) is 19.0 Å². The molecule has 2 fully saturated rings. The number of amides is 1. The highest BCUT2D eigenvalue weighted by atomic mass is 16.2. The Balaban J connectivity index is 2.08. The zero-order chi connectivity index (χ0) is 9.42. The van der Waals surface area contributed by atoms with E-state index in [4.69, 9.17) is 5.73 Å². The van der Waals surface area contributed by atoms with Gasteiger partial charge in [-0.2, -0.15) is 0 Å². The molecule has 0 spiro atoms. The van der Waals surface area contributed by atoms with Gasteiger partial charge in [0.15, 0.2) is 0 Å². The monoisotopic (exact) mass is 182 g/mol. The average Bonchev–Trinajstić information content (AvgIpc) is 2.37. The lowest BCUT2D eigenvalue weighted by atomic mass is 9.91. The summed E-state index contributed by atoms with van der Waals surface area (Å²) in [7, 11) is 0. The maximum atomic E-state index is 11.3. The number of fused-ring (bicyclic) bond motifs is 2. The molecule has 2 atom stereocenters. The highest BCUT2D eigenvalue weighted by Gasteiger charge is 2.41. The van der Waals surface area contributed by atoms with Gasteiger partial charge in [0.05, 0.1) is 0 Å². The molecule has 0 saturated carbocycles. The van der Waals surface area contributed by atoms with Crippen LogP contribution in [0.15, 0.2) is 0 Å². The van der Waals surface area contributed by atoms with Crippen LogP contribution in [0.25, 0.3) is 0 Å². The summed E-state index contributed by atoms with van der Waals surface area (Å²) in [6, 6.07) is 1.01. The SMILES string of the molecule is CC(=O)N1[C@H]2CC[C@H]1CC(CN)C2. The number of hydrogen-bond donors (Lipinski definition) is 1. The molecule has 1 amide bonds. The molecule has 2 saturated heterocycles. The van der Waals surface area contributed by atoms with Crippen molar-refractivity contribution in [3.8, 4) is 0 Å². The molecule has 0 aromatic heterocycles. The molecule has 74 valence electrons. The largest absolute Gasteiger partial charge is 0.337 e. The third kappa shape index (κ3) is 1.46. The Morgan fingerprint density at radius 2 is 1.92 bits per heavy atom. The molecule has 2 bridgehead atoms. The van der Waals surface area contributed by atoms with Gasteiger partial charge in [-0.25, -0.2) is 0 Å². The predicted molar refractivity (Wildman–Crippen MR) is 51.1 cm³/mol. The summed E-state index contributed by atoms with van der Waals surface area (Å²) < 4.78 is 0. The molecule has 0 unspecified atom stereocenters. The van der Waals surface area contributed by atoms with E-state index in [1.165, 1.54) is 12.8 Å². The minimum absolute atomic E-state index is 0.253. The van der Waals surface area contributed by atoms with E-state index in [2.05, 4.69) is 4.90 Å². The minimum Gasteiger partial charge on any atom is -0.337 e. The van der Waals surface area contributed by atoms with Crippen LogP contribution < -0.4 is 5.73 Å². The fourth-order valence-corrected chi connectivity index (χ4v) is 3.00. The van der Waals surface area contributed by atoms with Gasteiger partial charge in [-0.1, -0.05) is 0 Å². The fourth-order valence-electron chi connectivity index (χ4n) is 3.00. The lowest BCUT2D eigenvalue weighted by Crippen LogP contribution is -2.46. The van der Waals surface area contributed by atoms with E-state index >= 15 is 0 Å². The standard InChI is InChI=1S/C10H18N2O/c1-7(13)12-9-2-3-10(12)5-8(4-9)6-11/h8-10H,2-6,11H2,1H3/t9-,10-/m0/s1. The molecular formula is C10H18N2O. The van der Waals surface area contributed by atoms with Crippen molar-refractivity contribution < 1.29 is 4.79 Å². The minimum atomic E-state index is 0.253. The summed E-state index contributed by atoms with van der Waals surface area (Å²) in [6.07, 6.45) is 4.65. The second-order valence-corrected chi connectivity index (χ2v) is 4.38. The van der Waals surface area contributed by atoms with Crippen LogP contribution in [0.5, 0.6) is 0 Å². The van der Waals surface area contributed by atoms with Crippen molar-refractivity contribution in [1.29, 1.82) is 0 Å². The molecule has 0 aromatic carbocycles. The lowest BCUT2D eigenvalue weighted by Gasteiger charge is -2.38. The Hall–Kier alpha value is -0.570. The number of hydrogen-bond acceptors (Lipinski definition) is 2. The number of carbonyl (C=O) groups is 1. The molecule has 13 heavy (non-hydrogen) atoms. The summed E-state index contributed by atoms with van der Waals surface area (Å²) in [6.45, 7) is 2.48. The summed E-state index contributed by atoms with van der Waals surface area (Å²) >= 11 is 0. The fraction of sp³-hybridized carbons (Fsp3) is 0.900. The van der Waals surface area contributed by atoms with Crippen molar-refractivity contribution in [1.82, 2.24) is 4.90 Å². The third-order valence-corrected chi connectivity index (χ3v) is 3.53. The van der Waals surface area contributed by atoms with Gasteiger partial charge in [-0.05, 0) is 38.1 Å². The van der Waals surface area contributed by atoms with Crippen LogP contribution in [0.1, 0.15) is 32.6 Å². The van der Waals surface area contributed by atoms with Gasteiger partial charge in [-0.3, -0.25) is 4.79 Å². The molecule has 3 heteroatoms. The zero-order valence-electron chi connectivity index (χ0n) is 8.20. The molecule has 2 aliphatic rings. The van der Waals surface area contributed by atoms with Crippen molar-refractivity contribution >= 4 is 5.91 Å². The Morgan fingerprint density at radius 3 is 2.31 bits per heavy atom. The first-order valence-corrected chi connectivity index (χ1v) is 5.21. The first-order valence-electron chi connectivity index (χ1n) is 5.21. The molecule has 0 aliphatic carbocycles. The summed E-state index contributed by atoms with van der Waals surface area (Å²) in [5, 5.41) is 0. The number of nitrogens with zero attached hydrogens (tertiary/aromatic N) is 1. The van der Waals surface area contributed by atoms with Gasteiger partial charge < -0.3 is 10.6 Å². The maximum Gasteiger partial charge on any atom is 0.219 e. The Morgan fingerprint density at radius 1 is 1.38 bits per heavy atom. The first-order chi connectivity index (χ1) is 6.22. The average molecular weight is 182 g/mol. The van der Waals surface area contributed by atoms with Crippen molar-refractivity contribution in [3.63, 3.8) is 0 Å². The van der Waals surface area contributed by atoms with E-state index in [1.807, 2.05) is 0 Å². The molecule has 0 aromatic rings. The number of nitrogens with two attached hydrogens (primary N) is 1. The zero-order valence-corrected chi connectivity index (χ0v) is 8.20. The van der Waals surface area contributed by atoms with Gasteiger partial charge in [0.1, 0.15) is 0 Å². The molecule has 2 aliphatic heterocycles. The molecule has 2 heterocycles. The Bertz CT molecular complexity index is 203. The van der Waals surface area contributed by atoms with Crippen LogP contribution >= 0.6 is 0 Å². The molecule has 0 radical (unpaired) electrons. The predicted octanol–water partition coefficient (Wildman–Crippen LogP) is 0.735. The van der Waals surface area contributed by atoms with E-state index in [0.717, 1.165) is 19.4 Å². The molecule has 2 N–H and O–H groups in total. The quantitative estimate of drug-likeness (QED) is 0.650. The van der Waals surface area contributed by atoms with Crippen LogP contribution in [0, 0.1) is 5.92 Å². The van der Waals surface area contributed by atoms with E-state index in [0.29, 0.717) is 18.0 Å². The van der Waals surface area contributed by atoms with Crippen LogP contribution in [-0.2, 0) is 4.79 Å². The lowest BCUT2D eigenvalue weighted by molar-refractivity contribution is -0.133. The number of piperidine rings is 1. The van der Waals surface area contributed by atoms with Crippen LogP contribution in [0.4, 0.5) is 0 Å². The summed E-state index contributed by atoms with van der Waals surface area (Å²) in [5.41, 5.74) is 5.67. The normalized spacial score (nSPS) is 38.0. The van der Waals surface area contributed by atoms with Gasteiger partial charge >= 0.3 is 0 Å². The smallest absolute Gasteiger partial charge is 0.219 e. The second-order valence-electron chi connectivity index (χ2n) is 4.38. The molecular weight excluding hydrogens is 164 g/mol. The van der Waals surface area contributed by atoms with Crippen molar-refractivity contribution in [2.75, 3.05) is 6.54 Å². The first kappa shape index (κ1) is 9.00. The maximum absolute atomic E-state index is 11.3. The molecule has 3 nitrogen and oxygen atoms in total. The van der Waals surface area contributed by atoms with E-state index < -0.39 is 0 Å². The highest BCUT2D eigenvalue weighted by Crippen LogP contribution is 2.38. The van der Waals surface area contributed by atoms with Gasteiger partial charge in [-0.15, -0.1) is 0 Å². The van der Waals surface area contributed by atoms with Crippen LogP contribution in [-0.4, -0.2) is 29.4 Å². The Kier molecular flexibility index (Phi) is 2.28.